The van der Waals surface area contributed by atoms with Crippen molar-refractivity contribution >= 4 is 12.0 Å². The fourth-order valence-corrected chi connectivity index (χ4v) is 3.12. The van der Waals surface area contributed by atoms with Gasteiger partial charge < -0.3 is 9.47 Å². The molecule has 0 amide bonds. The highest BCUT2D eigenvalue weighted by Crippen LogP contribution is 2.32. The molecule has 0 N–H and O–H groups in total. The van der Waals surface area contributed by atoms with E-state index in [9.17, 15) is 10.1 Å². The summed E-state index contributed by atoms with van der Waals surface area (Å²) < 4.78 is 12.5. The zero-order valence-electron chi connectivity index (χ0n) is 17.7. The Balaban J connectivity index is 2.02. The average molecular weight is 415 g/mol. The lowest BCUT2D eigenvalue weighted by molar-refractivity contribution is -0.138. The molecule has 0 atom stereocenters. The number of benzene rings is 2. The number of carbonyl (C=O) groups excluding carboxylic acids is 1. The van der Waals surface area contributed by atoms with Crippen molar-refractivity contribution in [2.24, 2.45) is 0 Å². The van der Waals surface area contributed by atoms with Crippen LogP contribution in [0.2, 0.25) is 0 Å². The normalized spacial score (nSPS) is 11.1. The molecule has 0 unspecified atom stereocenters. The molecule has 2 aromatic carbocycles. The van der Waals surface area contributed by atoms with Gasteiger partial charge in [-0.25, -0.2) is 4.79 Å². The topological polar surface area (TPSA) is 77.1 Å². The van der Waals surface area contributed by atoms with Gasteiger partial charge in [0.15, 0.2) is 0 Å². The number of hydrogen-bond acceptors (Lipinski definition) is 5. The second-order valence-electron chi connectivity index (χ2n) is 6.98. The molecule has 0 radical (unpaired) electrons. The molecule has 31 heavy (non-hydrogen) atoms. The minimum absolute atomic E-state index is 0.0634. The monoisotopic (exact) mass is 415 g/mol. The predicted molar refractivity (Wildman–Crippen MR) is 119 cm³/mol. The summed E-state index contributed by atoms with van der Waals surface area (Å²) >= 11 is 0. The Kier molecular flexibility index (Phi) is 7.61. The van der Waals surface area contributed by atoms with Crippen LogP contribution < -0.4 is 4.74 Å². The van der Waals surface area contributed by atoms with Gasteiger partial charge in [0.2, 0.25) is 0 Å². The Morgan fingerprint density at radius 1 is 1.16 bits per heavy atom. The Hall–Kier alpha value is -3.85. The summed E-state index contributed by atoms with van der Waals surface area (Å²) in [5, 5.41) is 14.3. The fourth-order valence-electron chi connectivity index (χ4n) is 3.12. The average Bonchev–Trinajstić information content (AvgIpc) is 3.20. The van der Waals surface area contributed by atoms with Crippen molar-refractivity contribution in [1.29, 1.82) is 5.26 Å². The number of hydrogen-bond donors (Lipinski definition) is 0. The number of carbonyl (C=O) groups is 1. The van der Waals surface area contributed by atoms with Crippen molar-refractivity contribution in [3.8, 4) is 23.1 Å². The van der Waals surface area contributed by atoms with Crippen molar-refractivity contribution in [3.63, 3.8) is 0 Å². The van der Waals surface area contributed by atoms with Crippen molar-refractivity contribution in [2.45, 2.75) is 26.3 Å². The van der Waals surface area contributed by atoms with E-state index in [0.29, 0.717) is 30.2 Å². The Labute approximate surface area is 182 Å². The number of aromatic nitrogens is 2. The summed E-state index contributed by atoms with van der Waals surface area (Å²) in [6.45, 7) is 2.86. The van der Waals surface area contributed by atoms with E-state index in [1.54, 1.807) is 11.8 Å². The highest BCUT2D eigenvalue weighted by molar-refractivity contribution is 5.99. The number of nitrogens with zero attached hydrogens (tertiary/aromatic N) is 3. The van der Waals surface area contributed by atoms with Crippen molar-refractivity contribution in [3.05, 3.63) is 77.5 Å². The van der Waals surface area contributed by atoms with E-state index < -0.39 is 5.97 Å². The third-order valence-corrected chi connectivity index (χ3v) is 4.71. The minimum atomic E-state index is -0.627. The van der Waals surface area contributed by atoms with Crippen molar-refractivity contribution in [2.75, 3.05) is 13.7 Å². The molecule has 0 aliphatic heterocycles. The molecule has 1 aromatic heterocycles. The number of ether oxygens (including phenoxy) is 2. The number of methoxy groups -OCH3 is 1. The van der Waals surface area contributed by atoms with Gasteiger partial charge >= 0.3 is 5.97 Å². The van der Waals surface area contributed by atoms with Crippen LogP contribution in [0.1, 0.15) is 30.9 Å². The van der Waals surface area contributed by atoms with Crippen LogP contribution in [0.25, 0.3) is 17.3 Å². The second kappa shape index (κ2) is 10.8. The molecule has 0 aliphatic carbocycles. The van der Waals surface area contributed by atoms with Gasteiger partial charge in [-0.15, -0.1) is 0 Å². The smallest absolute Gasteiger partial charge is 0.348 e. The van der Waals surface area contributed by atoms with Crippen LogP contribution in [0, 0.1) is 11.3 Å². The maximum absolute atomic E-state index is 12.4. The second-order valence-corrected chi connectivity index (χ2v) is 6.98. The number of unbranched alkanes of at least 4 members (excludes halogenated alkanes) is 1. The highest BCUT2D eigenvalue weighted by atomic mass is 16.5. The molecular weight excluding hydrogens is 390 g/mol. The Bertz CT molecular complexity index is 1090. The van der Waals surface area contributed by atoms with Gasteiger partial charge in [-0.05, 0) is 30.2 Å². The minimum Gasteiger partial charge on any atom is -0.496 e. The van der Waals surface area contributed by atoms with E-state index in [1.807, 2.05) is 73.8 Å². The molecule has 1 heterocycles. The van der Waals surface area contributed by atoms with E-state index in [0.717, 1.165) is 24.0 Å². The molecule has 0 aliphatic rings. The van der Waals surface area contributed by atoms with Crippen LogP contribution in [0.15, 0.2) is 66.4 Å². The number of nitriles is 1. The summed E-state index contributed by atoms with van der Waals surface area (Å²) in [6, 6.07) is 19.4. The summed E-state index contributed by atoms with van der Waals surface area (Å²) in [5.74, 6) is 0.0314. The Morgan fingerprint density at radius 2 is 1.90 bits per heavy atom. The van der Waals surface area contributed by atoms with Crippen LogP contribution in [0.5, 0.6) is 5.75 Å². The van der Waals surface area contributed by atoms with Gasteiger partial charge in [-0.3, -0.25) is 4.68 Å². The maximum atomic E-state index is 12.4. The lowest BCUT2D eigenvalue weighted by atomic mass is 10.1. The Morgan fingerprint density at radius 3 is 2.61 bits per heavy atom. The van der Waals surface area contributed by atoms with E-state index in [4.69, 9.17) is 14.6 Å². The molecule has 0 saturated carbocycles. The molecule has 158 valence electrons. The number of esters is 1. The van der Waals surface area contributed by atoms with E-state index >= 15 is 0 Å². The van der Waals surface area contributed by atoms with Crippen molar-refractivity contribution < 1.29 is 14.3 Å². The number of para-hydroxylation sites is 1. The van der Waals surface area contributed by atoms with Gasteiger partial charge in [0.05, 0.1) is 20.3 Å². The first kappa shape index (κ1) is 21.8. The van der Waals surface area contributed by atoms with Crippen LogP contribution in [-0.4, -0.2) is 29.5 Å². The van der Waals surface area contributed by atoms with Gasteiger partial charge in [0.25, 0.3) is 0 Å². The van der Waals surface area contributed by atoms with E-state index in [-0.39, 0.29) is 5.57 Å². The first-order chi connectivity index (χ1) is 15.2. The molecular formula is C25H25N3O3. The molecule has 0 bridgehead atoms. The largest absolute Gasteiger partial charge is 0.496 e. The number of rotatable bonds is 9. The van der Waals surface area contributed by atoms with Gasteiger partial charge in [-0.2, -0.15) is 10.4 Å². The third-order valence-electron chi connectivity index (χ3n) is 4.71. The van der Waals surface area contributed by atoms with Gasteiger partial charge in [-0.1, -0.05) is 55.8 Å². The molecule has 6 nitrogen and oxygen atoms in total. The molecule has 0 fully saturated rings. The van der Waals surface area contributed by atoms with Gasteiger partial charge in [0.1, 0.15) is 23.1 Å². The fraction of sp³-hybridized carbons (Fsp3) is 0.240. The highest BCUT2D eigenvalue weighted by Gasteiger charge is 2.17. The summed E-state index contributed by atoms with van der Waals surface area (Å²) in [5.41, 5.74) is 3.07. The molecule has 6 heteroatoms. The first-order valence-electron chi connectivity index (χ1n) is 10.2. The van der Waals surface area contributed by atoms with Crippen LogP contribution in [-0.2, 0) is 16.1 Å². The molecule has 0 spiro atoms. The van der Waals surface area contributed by atoms with Crippen LogP contribution in [0.3, 0.4) is 0 Å². The predicted octanol–water partition coefficient (Wildman–Crippen LogP) is 4.86. The van der Waals surface area contributed by atoms with Crippen LogP contribution >= 0.6 is 0 Å². The van der Waals surface area contributed by atoms with Gasteiger partial charge in [0, 0.05) is 17.3 Å². The molecule has 3 rings (SSSR count). The summed E-state index contributed by atoms with van der Waals surface area (Å²) in [7, 11) is 1.60. The zero-order valence-corrected chi connectivity index (χ0v) is 17.7. The lowest BCUT2D eigenvalue weighted by Gasteiger charge is -2.07. The quantitative estimate of drug-likeness (QED) is 0.216. The summed E-state index contributed by atoms with van der Waals surface area (Å²) in [4.78, 5) is 12.4. The van der Waals surface area contributed by atoms with Crippen LogP contribution in [0.4, 0.5) is 0 Å². The molecule has 3 aromatic rings. The first-order valence-corrected chi connectivity index (χ1v) is 10.2. The van der Waals surface area contributed by atoms with Crippen molar-refractivity contribution in [1.82, 2.24) is 9.78 Å². The van der Waals surface area contributed by atoms with E-state index in [1.165, 1.54) is 6.08 Å². The lowest BCUT2D eigenvalue weighted by Crippen LogP contribution is -2.07. The summed E-state index contributed by atoms with van der Waals surface area (Å²) in [6.07, 6.45) is 5.02. The SMILES string of the molecule is CCCCOC(=O)/C(C#N)=C/c1cn(Cc2ccccc2)nc1-c1ccccc1OC. The maximum Gasteiger partial charge on any atom is 0.348 e. The zero-order chi connectivity index (χ0) is 22.1. The molecule has 0 saturated heterocycles. The third kappa shape index (κ3) is 5.61. The van der Waals surface area contributed by atoms with E-state index in [2.05, 4.69) is 0 Å². The standard InChI is InChI=1S/C25H25N3O3/c1-3-4-14-31-25(29)20(16-26)15-21-18-28(17-19-10-6-5-7-11-19)27-24(21)22-12-8-9-13-23(22)30-2/h5-13,15,18H,3-4,14,17H2,1-2H3/b20-15+.